The van der Waals surface area contributed by atoms with Gasteiger partial charge in [0.1, 0.15) is 5.75 Å². The van der Waals surface area contributed by atoms with E-state index < -0.39 is 0 Å². The lowest BCUT2D eigenvalue weighted by Crippen LogP contribution is -2.18. The van der Waals surface area contributed by atoms with Crippen LogP contribution in [0.2, 0.25) is 0 Å². The first kappa shape index (κ1) is 19.8. The quantitative estimate of drug-likeness (QED) is 0.495. The lowest BCUT2D eigenvalue weighted by Gasteiger charge is -2.07. The number of rotatable bonds is 6. The summed E-state index contributed by atoms with van der Waals surface area (Å²) in [5, 5.41) is 6.78. The van der Waals surface area contributed by atoms with Gasteiger partial charge in [-0.3, -0.25) is 9.59 Å². The molecular weight excluding hydrogens is 366 g/mol. The number of carbonyl (C=O) groups is 2. The van der Waals surface area contributed by atoms with Crippen LogP contribution in [0.1, 0.15) is 31.8 Å². The summed E-state index contributed by atoms with van der Waals surface area (Å²) in [5.74, 6) is 0.165. The fourth-order valence-electron chi connectivity index (χ4n) is 2.65. The standard InChI is InChI=1S/C23H21N3O3/c1-16-5-3-7-19(13-16)22(27)25-20-11-9-18(10-12-20)23(28)26-24-15-17-6-4-8-21(14-17)29-2/h3-15H,1-2H3,(H,25,27)(H,26,28)/b24-15+. The van der Waals surface area contributed by atoms with E-state index in [-0.39, 0.29) is 11.8 Å². The minimum absolute atomic E-state index is 0.200. The molecule has 2 amide bonds. The number of amides is 2. The third kappa shape index (κ3) is 5.52. The van der Waals surface area contributed by atoms with E-state index in [2.05, 4.69) is 15.8 Å². The van der Waals surface area contributed by atoms with Gasteiger partial charge in [0.15, 0.2) is 0 Å². The molecule has 0 fully saturated rings. The molecule has 0 unspecified atom stereocenters. The summed E-state index contributed by atoms with van der Waals surface area (Å²) in [5.41, 5.74) is 5.92. The van der Waals surface area contributed by atoms with Crippen molar-refractivity contribution in [1.82, 2.24) is 5.43 Å². The largest absolute Gasteiger partial charge is 0.497 e. The summed E-state index contributed by atoms with van der Waals surface area (Å²) < 4.78 is 5.15. The average molecular weight is 387 g/mol. The van der Waals surface area contributed by atoms with E-state index in [4.69, 9.17) is 4.74 Å². The Morgan fingerprint density at radius 1 is 0.897 bits per heavy atom. The summed E-state index contributed by atoms with van der Waals surface area (Å²) >= 11 is 0. The van der Waals surface area contributed by atoms with Crippen LogP contribution in [0.15, 0.2) is 77.9 Å². The highest BCUT2D eigenvalue weighted by atomic mass is 16.5. The molecule has 0 radical (unpaired) electrons. The molecule has 3 aromatic rings. The van der Waals surface area contributed by atoms with Crippen molar-refractivity contribution in [1.29, 1.82) is 0 Å². The number of carbonyl (C=O) groups excluding carboxylic acids is 2. The third-order valence-electron chi connectivity index (χ3n) is 4.16. The van der Waals surface area contributed by atoms with E-state index in [0.29, 0.717) is 22.6 Å². The number of ether oxygens (including phenoxy) is 1. The van der Waals surface area contributed by atoms with Crippen molar-refractivity contribution in [3.8, 4) is 5.75 Å². The van der Waals surface area contributed by atoms with Crippen LogP contribution in [0.4, 0.5) is 5.69 Å². The number of nitrogens with zero attached hydrogens (tertiary/aromatic N) is 1. The molecule has 0 bridgehead atoms. The Morgan fingerprint density at radius 3 is 2.38 bits per heavy atom. The SMILES string of the molecule is COc1cccc(/C=N/NC(=O)c2ccc(NC(=O)c3cccc(C)c3)cc2)c1. The van der Waals surface area contributed by atoms with E-state index in [9.17, 15) is 9.59 Å². The molecule has 0 heterocycles. The van der Waals surface area contributed by atoms with Gasteiger partial charge in [0.05, 0.1) is 13.3 Å². The minimum Gasteiger partial charge on any atom is -0.497 e. The Labute approximate surface area is 169 Å². The molecule has 3 rings (SSSR count). The number of anilines is 1. The molecule has 146 valence electrons. The molecule has 3 aromatic carbocycles. The van der Waals surface area contributed by atoms with Crippen molar-refractivity contribution in [2.75, 3.05) is 12.4 Å². The maximum atomic E-state index is 12.3. The summed E-state index contributed by atoms with van der Waals surface area (Å²) in [6.45, 7) is 1.93. The van der Waals surface area contributed by atoms with E-state index in [1.807, 2.05) is 43.3 Å². The van der Waals surface area contributed by atoms with Crippen LogP contribution in [0.3, 0.4) is 0 Å². The van der Waals surface area contributed by atoms with Crippen LogP contribution in [-0.4, -0.2) is 25.1 Å². The summed E-state index contributed by atoms with van der Waals surface area (Å²) in [7, 11) is 1.59. The highest BCUT2D eigenvalue weighted by Crippen LogP contribution is 2.13. The fourth-order valence-corrected chi connectivity index (χ4v) is 2.65. The first-order valence-corrected chi connectivity index (χ1v) is 9.01. The van der Waals surface area contributed by atoms with E-state index in [1.165, 1.54) is 6.21 Å². The van der Waals surface area contributed by atoms with Gasteiger partial charge < -0.3 is 10.1 Å². The van der Waals surface area contributed by atoms with Crippen LogP contribution in [-0.2, 0) is 0 Å². The summed E-state index contributed by atoms with van der Waals surface area (Å²) in [6.07, 6.45) is 1.54. The number of hydrogen-bond acceptors (Lipinski definition) is 4. The molecule has 6 heteroatoms. The lowest BCUT2D eigenvalue weighted by molar-refractivity contribution is 0.0954. The maximum absolute atomic E-state index is 12.3. The third-order valence-corrected chi connectivity index (χ3v) is 4.16. The lowest BCUT2D eigenvalue weighted by atomic mass is 10.1. The number of hydrogen-bond donors (Lipinski definition) is 2. The Hall–Kier alpha value is -3.93. The second kappa shape index (κ2) is 9.32. The van der Waals surface area contributed by atoms with Gasteiger partial charge in [0.2, 0.25) is 0 Å². The zero-order chi connectivity index (χ0) is 20.6. The van der Waals surface area contributed by atoms with Crippen molar-refractivity contribution in [2.45, 2.75) is 6.92 Å². The molecule has 2 N–H and O–H groups in total. The zero-order valence-corrected chi connectivity index (χ0v) is 16.2. The first-order valence-electron chi connectivity index (χ1n) is 9.01. The summed E-state index contributed by atoms with van der Waals surface area (Å²) in [6, 6.07) is 21.3. The smallest absolute Gasteiger partial charge is 0.271 e. The van der Waals surface area contributed by atoms with Crippen LogP contribution >= 0.6 is 0 Å². The molecule has 29 heavy (non-hydrogen) atoms. The number of benzene rings is 3. The molecule has 0 aliphatic heterocycles. The van der Waals surface area contributed by atoms with Crippen molar-refractivity contribution < 1.29 is 14.3 Å². The molecule has 0 saturated heterocycles. The second-order valence-corrected chi connectivity index (χ2v) is 6.38. The Bertz CT molecular complexity index is 1040. The number of aryl methyl sites for hydroxylation is 1. The molecule has 0 aliphatic carbocycles. The van der Waals surface area contributed by atoms with Gasteiger partial charge in [-0.05, 0) is 61.0 Å². The fraction of sp³-hybridized carbons (Fsp3) is 0.0870. The predicted octanol–water partition coefficient (Wildman–Crippen LogP) is 4.02. The number of methoxy groups -OCH3 is 1. The van der Waals surface area contributed by atoms with Crippen LogP contribution in [0.25, 0.3) is 0 Å². The van der Waals surface area contributed by atoms with Gasteiger partial charge in [-0.1, -0.05) is 29.8 Å². The monoisotopic (exact) mass is 387 g/mol. The minimum atomic E-state index is -0.347. The zero-order valence-electron chi connectivity index (χ0n) is 16.2. The van der Waals surface area contributed by atoms with Gasteiger partial charge in [-0.15, -0.1) is 0 Å². The topological polar surface area (TPSA) is 79.8 Å². The number of hydrazone groups is 1. The van der Waals surface area contributed by atoms with Crippen LogP contribution in [0.5, 0.6) is 5.75 Å². The molecule has 0 atom stereocenters. The molecular formula is C23H21N3O3. The normalized spacial score (nSPS) is 10.6. The molecule has 0 aliphatic rings. The average Bonchev–Trinajstić information content (AvgIpc) is 2.74. The van der Waals surface area contributed by atoms with Gasteiger partial charge in [-0.25, -0.2) is 5.43 Å². The van der Waals surface area contributed by atoms with Gasteiger partial charge in [0, 0.05) is 16.8 Å². The number of nitrogens with one attached hydrogen (secondary N) is 2. The summed E-state index contributed by atoms with van der Waals surface area (Å²) in [4.78, 5) is 24.5. The van der Waals surface area contributed by atoms with E-state index in [0.717, 1.165) is 11.1 Å². The Kier molecular flexibility index (Phi) is 6.37. The van der Waals surface area contributed by atoms with Crippen molar-refractivity contribution in [3.63, 3.8) is 0 Å². The maximum Gasteiger partial charge on any atom is 0.271 e. The van der Waals surface area contributed by atoms with E-state index >= 15 is 0 Å². The molecule has 0 saturated carbocycles. The van der Waals surface area contributed by atoms with Gasteiger partial charge in [0.25, 0.3) is 11.8 Å². The highest BCUT2D eigenvalue weighted by Gasteiger charge is 2.08. The van der Waals surface area contributed by atoms with Crippen molar-refractivity contribution >= 4 is 23.7 Å². The van der Waals surface area contributed by atoms with Crippen LogP contribution in [0, 0.1) is 6.92 Å². The van der Waals surface area contributed by atoms with Gasteiger partial charge in [-0.2, -0.15) is 5.10 Å². The first-order chi connectivity index (χ1) is 14.0. The Balaban J connectivity index is 1.58. The molecule has 0 spiro atoms. The highest BCUT2D eigenvalue weighted by molar-refractivity contribution is 6.04. The van der Waals surface area contributed by atoms with Crippen molar-refractivity contribution in [2.24, 2.45) is 5.10 Å². The van der Waals surface area contributed by atoms with E-state index in [1.54, 1.807) is 43.5 Å². The Morgan fingerprint density at radius 2 is 1.66 bits per heavy atom. The van der Waals surface area contributed by atoms with Gasteiger partial charge >= 0.3 is 0 Å². The van der Waals surface area contributed by atoms with Crippen molar-refractivity contribution in [3.05, 3.63) is 95.1 Å². The predicted molar refractivity (Wildman–Crippen MR) is 114 cm³/mol. The molecule has 6 nitrogen and oxygen atoms in total. The molecule has 0 aromatic heterocycles. The second-order valence-electron chi connectivity index (χ2n) is 6.38. The van der Waals surface area contributed by atoms with Crippen LogP contribution < -0.4 is 15.5 Å².